The number of unbranched alkanes of at least 4 members (excludes halogenated alkanes) is 2. The molecule has 1 unspecified atom stereocenters. The second-order valence-electron chi connectivity index (χ2n) is 6.12. The Labute approximate surface area is 159 Å². The van der Waals surface area contributed by atoms with E-state index in [0.717, 1.165) is 59.0 Å². The van der Waals surface area contributed by atoms with Crippen molar-refractivity contribution in [3.63, 3.8) is 0 Å². The maximum atomic E-state index is 12.3. The van der Waals surface area contributed by atoms with Gasteiger partial charge in [0.1, 0.15) is 5.01 Å². The molecule has 0 aliphatic heterocycles. The summed E-state index contributed by atoms with van der Waals surface area (Å²) in [5.41, 5.74) is 0.968. The molecule has 6 heteroatoms. The van der Waals surface area contributed by atoms with Gasteiger partial charge in [0, 0.05) is 19.5 Å². The monoisotopic (exact) mass is 377 g/mol. The van der Waals surface area contributed by atoms with Crippen molar-refractivity contribution in [3.05, 3.63) is 29.3 Å². The number of benzene rings is 1. The predicted molar refractivity (Wildman–Crippen MR) is 110 cm³/mol. The molecule has 1 amide bonds. The van der Waals surface area contributed by atoms with E-state index in [0.29, 0.717) is 6.42 Å². The maximum Gasteiger partial charge on any atom is 0.221 e. The van der Waals surface area contributed by atoms with Crippen molar-refractivity contribution in [3.8, 4) is 0 Å². The highest BCUT2D eigenvalue weighted by atomic mass is 32.1. The van der Waals surface area contributed by atoms with E-state index >= 15 is 0 Å². The molecule has 1 aromatic carbocycles. The van der Waals surface area contributed by atoms with Gasteiger partial charge in [0.15, 0.2) is 0 Å². The SMILES string of the molecule is CCCCNC(=O)CC(C(=S)NCCCC)c1nc2ccccc2s1. The lowest BCUT2D eigenvalue weighted by molar-refractivity contribution is -0.121. The highest BCUT2D eigenvalue weighted by Crippen LogP contribution is 2.30. The first-order valence-electron chi connectivity index (χ1n) is 9.05. The van der Waals surface area contributed by atoms with E-state index in [1.807, 2.05) is 18.2 Å². The summed E-state index contributed by atoms with van der Waals surface area (Å²) in [6.45, 7) is 5.83. The van der Waals surface area contributed by atoms with Crippen LogP contribution in [0, 0.1) is 0 Å². The number of nitrogens with zero attached hydrogens (tertiary/aromatic N) is 1. The van der Waals surface area contributed by atoms with E-state index in [1.54, 1.807) is 11.3 Å². The van der Waals surface area contributed by atoms with Gasteiger partial charge in [0.05, 0.1) is 21.1 Å². The van der Waals surface area contributed by atoms with Crippen LogP contribution >= 0.6 is 23.6 Å². The number of para-hydroxylation sites is 1. The smallest absolute Gasteiger partial charge is 0.221 e. The van der Waals surface area contributed by atoms with Gasteiger partial charge in [-0.1, -0.05) is 51.0 Å². The minimum absolute atomic E-state index is 0.0392. The third kappa shape index (κ3) is 6.04. The van der Waals surface area contributed by atoms with Gasteiger partial charge >= 0.3 is 0 Å². The van der Waals surface area contributed by atoms with Crippen LogP contribution < -0.4 is 10.6 Å². The van der Waals surface area contributed by atoms with E-state index in [1.165, 1.54) is 0 Å². The predicted octanol–water partition coefficient (Wildman–Crippen LogP) is 4.40. The standard InChI is InChI=1S/C19H27N3OS2/c1-3-5-11-20-17(23)13-14(18(24)21-12-6-4-2)19-22-15-9-7-8-10-16(15)25-19/h7-10,14H,3-6,11-13H2,1-2H3,(H,20,23)(H,21,24). The molecule has 136 valence electrons. The third-order valence-corrected chi connectivity index (χ3v) is 5.58. The summed E-state index contributed by atoms with van der Waals surface area (Å²) >= 11 is 7.23. The lowest BCUT2D eigenvalue weighted by Gasteiger charge is -2.17. The fourth-order valence-electron chi connectivity index (χ4n) is 2.50. The number of fused-ring (bicyclic) bond motifs is 1. The average molecular weight is 378 g/mol. The molecule has 2 N–H and O–H groups in total. The lowest BCUT2D eigenvalue weighted by Crippen LogP contribution is -2.33. The summed E-state index contributed by atoms with van der Waals surface area (Å²) < 4.78 is 1.13. The van der Waals surface area contributed by atoms with E-state index in [9.17, 15) is 4.79 Å². The summed E-state index contributed by atoms with van der Waals surface area (Å²) in [5, 5.41) is 7.22. The quantitative estimate of drug-likeness (QED) is 0.476. The van der Waals surface area contributed by atoms with Gasteiger partial charge in [0.25, 0.3) is 0 Å². The lowest BCUT2D eigenvalue weighted by atomic mass is 10.1. The van der Waals surface area contributed by atoms with Gasteiger partial charge in [-0.25, -0.2) is 4.98 Å². The molecule has 2 rings (SSSR count). The second-order valence-corrected chi connectivity index (χ2v) is 7.63. The molecular formula is C19H27N3OS2. The summed E-state index contributed by atoms with van der Waals surface area (Å²) in [4.78, 5) is 17.8. The third-order valence-electron chi connectivity index (χ3n) is 4.00. The zero-order chi connectivity index (χ0) is 18.1. The molecule has 0 spiro atoms. The van der Waals surface area contributed by atoms with Crippen LogP contribution in [0.25, 0.3) is 10.2 Å². The zero-order valence-electron chi connectivity index (χ0n) is 15.0. The minimum atomic E-state index is -0.161. The molecule has 0 saturated carbocycles. The number of thiocarbonyl (C=S) groups is 1. The first-order chi connectivity index (χ1) is 12.2. The van der Waals surface area contributed by atoms with Gasteiger partial charge in [0.2, 0.25) is 5.91 Å². The van der Waals surface area contributed by atoms with Crippen molar-refractivity contribution >= 4 is 44.7 Å². The van der Waals surface area contributed by atoms with Crippen LogP contribution in [0.2, 0.25) is 0 Å². The van der Waals surface area contributed by atoms with Crippen LogP contribution in [-0.4, -0.2) is 29.0 Å². The van der Waals surface area contributed by atoms with Gasteiger partial charge in [-0.05, 0) is 25.0 Å². The first-order valence-corrected chi connectivity index (χ1v) is 10.3. The molecule has 0 aliphatic carbocycles. The van der Waals surface area contributed by atoms with Crippen molar-refractivity contribution in [2.45, 2.75) is 51.9 Å². The maximum absolute atomic E-state index is 12.3. The van der Waals surface area contributed by atoms with E-state index < -0.39 is 0 Å². The molecule has 0 saturated heterocycles. The fraction of sp³-hybridized carbons (Fsp3) is 0.526. The number of nitrogens with one attached hydrogen (secondary N) is 2. The Hall–Kier alpha value is -1.53. The van der Waals surface area contributed by atoms with Crippen molar-refractivity contribution < 1.29 is 4.79 Å². The number of hydrogen-bond donors (Lipinski definition) is 2. The van der Waals surface area contributed by atoms with Crippen molar-refractivity contribution in [2.24, 2.45) is 0 Å². The molecular weight excluding hydrogens is 350 g/mol. The molecule has 1 atom stereocenters. The Morgan fingerprint density at radius 1 is 1.16 bits per heavy atom. The molecule has 1 heterocycles. The minimum Gasteiger partial charge on any atom is -0.379 e. The van der Waals surface area contributed by atoms with E-state index in [4.69, 9.17) is 17.2 Å². The molecule has 0 bridgehead atoms. The van der Waals surface area contributed by atoms with Crippen molar-refractivity contribution in [2.75, 3.05) is 13.1 Å². The molecule has 25 heavy (non-hydrogen) atoms. The summed E-state index contributed by atoms with van der Waals surface area (Å²) in [7, 11) is 0. The Morgan fingerprint density at radius 2 is 1.84 bits per heavy atom. The van der Waals surface area contributed by atoms with E-state index in [2.05, 4.69) is 30.5 Å². The topological polar surface area (TPSA) is 54.0 Å². The van der Waals surface area contributed by atoms with Crippen LogP contribution in [0.5, 0.6) is 0 Å². The van der Waals surface area contributed by atoms with Crippen LogP contribution in [0.1, 0.15) is 56.9 Å². The number of hydrogen-bond acceptors (Lipinski definition) is 4. The van der Waals surface area contributed by atoms with E-state index in [-0.39, 0.29) is 11.8 Å². The number of carbonyl (C=O) groups excluding carboxylic acids is 1. The van der Waals surface area contributed by atoms with Gasteiger partial charge in [-0.2, -0.15) is 0 Å². The summed E-state index contributed by atoms with van der Waals surface area (Å²) in [5.74, 6) is -0.122. The Morgan fingerprint density at radius 3 is 2.52 bits per heavy atom. The summed E-state index contributed by atoms with van der Waals surface area (Å²) in [6, 6.07) is 8.05. The van der Waals surface area contributed by atoms with Gasteiger partial charge < -0.3 is 10.6 Å². The number of rotatable bonds is 10. The highest BCUT2D eigenvalue weighted by Gasteiger charge is 2.24. The highest BCUT2D eigenvalue weighted by molar-refractivity contribution is 7.80. The molecule has 4 nitrogen and oxygen atoms in total. The molecule has 0 radical (unpaired) electrons. The Balaban J connectivity index is 2.13. The fourth-order valence-corrected chi connectivity index (χ4v) is 3.95. The van der Waals surface area contributed by atoms with Crippen LogP contribution in [-0.2, 0) is 4.79 Å². The number of amides is 1. The van der Waals surface area contributed by atoms with Crippen molar-refractivity contribution in [1.29, 1.82) is 0 Å². The largest absolute Gasteiger partial charge is 0.379 e. The van der Waals surface area contributed by atoms with Gasteiger partial charge in [-0.15, -0.1) is 11.3 Å². The van der Waals surface area contributed by atoms with Gasteiger partial charge in [-0.3, -0.25) is 4.79 Å². The normalized spacial score (nSPS) is 12.1. The zero-order valence-corrected chi connectivity index (χ0v) is 16.6. The first kappa shape index (κ1) is 19.8. The second kappa shape index (κ2) is 10.5. The molecule has 0 aliphatic rings. The Bertz CT molecular complexity index is 666. The van der Waals surface area contributed by atoms with Crippen molar-refractivity contribution in [1.82, 2.24) is 15.6 Å². The van der Waals surface area contributed by atoms with Crippen LogP contribution in [0.3, 0.4) is 0 Å². The number of carbonyl (C=O) groups is 1. The molecule has 0 fully saturated rings. The van der Waals surface area contributed by atoms with Crippen LogP contribution in [0.15, 0.2) is 24.3 Å². The van der Waals surface area contributed by atoms with Crippen LogP contribution in [0.4, 0.5) is 0 Å². The summed E-state index contributed by atoms with van der Waals surface area (Å²) in [6.07, 6.45) is 4.59. The number of aromatic nitrogens is 1. The molecule has 1 aromatic heterocycles. The average Bonchev–Trinajstić information content (AvgIpc) is 3.03. The molecule has 2 aromatic rings. The Kier molecular flexibility index (Phi) is 8.28. The number of thiazole rings is 1.